The first-order valence-corrected chi connectivity index (χ1v) is 7.14. The topological polar surface area (TPSA) is 57.7 Å². The van der Waals surface area contributed by atoms with Crippen LogP contribution in [0.1, 0.15) is 18.1 Å². The van der Waals surface area contributed by atoms with Gasteiger partial charge < -0.3 is 20.3 Å². The zero-order valence-corrected chi connectivity index (χ0v) is 11.8. The molecule has 1 aromatic rings. The Labute approximate surface area is 115 Å². The predicted molar refractivity (Wildman–Crippen MR) is 76.9 cm³/mol. The predicted octanol–water partition coefficient (Wildman–Crippen LogP) is 0.0249. The van der Waals surface area contributed by atoms with Crippen molar-refractivity contribution in [3.63, 3.8) is 0 Å². The number of nitrogens with two attached hydrogens (primary N) is 1. The first-order valence-electron chi connectivity index (χ1n) is 7.14. The summed E-state index contributed by atoms with van der Waals surface area (Å²) in [5.74, 6) is 0. The van der Waals surface area contributed by atoms with Gasteiger partial charge >= 0.3 is 0 Å². The van der Waals surface area contributed by atoms with Crippen LogP contribution in [0.25, 0.3) is 0 Å². The second kappa shape index (κ2) is 7.05. The van der Waals surface area contributed by atoms with Gasteiger partial charge in [0.25, 0.3) is 0 Å². The number of aliphatic hydroxyl groups is 1. The van der Waals surface area contributed by atoms with Crippen molar-refractivity contribution < 1.29 is 5.11 Å². The molecule has 1 aliphatic heterocycles. The molecule has 2 rings (SSSR count). The van der Waals surface area contributed by atoms with Gasteiger partial charge in [0, 0.05) is 52.2 Å². The maximum absolute atomic E-state index is 10.2. The number of rotatable bonds is 6. The number of β-amino-alcohol motifs (C(OH)–C–C–N with tert-alkyl or cyclic N) is 1. The largest absolute Gasteiger partial charge is 0.387 e. The summed E-state index contributed by atoms with van der Waals surface area (Å²) >= 11 is 0. The molecule has 0 bridgehead atoms. The van der Waals surface area contributed by atoms with Crippen molar-refractivity contribution >= 4 is 0 Å². The molecule has 1 saturated heterocycles. The van der Waals surface area contributed by atoms with Crippen molar-refractivity contribution in [3.8, 4) is 0 Å². The zero-order valence-electron chi connectivity index (χ0n) is 11.8. The molecule has 2 heterocycles. The van der Waals surface area contributed by atoms with E-state index in [0.29, 0.717) is 0 Å². The van der Waals surface area contributed by atoms with Crippen molar-refractivity contribution in [1.82, 2.24) is 14.4 Å². The molecule has 19 heavy (non-hydrogen) atoms. The second-order valence-corrected chi connectivity index (χ2v) is 5.41. The lowest BCUT2D eigenvalue weighted by molar-refractivity contribution is 0.0724. The summed E-state index contributed by atoms with van der Waals surface area (Å²) in [5.41, 5.74) is 6.54. The van der Waals surface area contributed by atoms with E-state index in [2.05, 4.69) is 9.80 Å². The Bertz CT molecular complexity index is 371. The lowest BCUT2D eigenvalue weighted by Crippen LogP contribution is -2.47. The summed E-state index contributed by atoms with van der Waals surface area (Å²) in [4.78, 5) is 4.80. The van der Waals surface area contributed by atoms with E-state index >= 15 is 0 Å². The van der Waals surface area contributed by atoms with Gasteiger partial charge in [-0.25, -0.2) is 0 Å². The van der Waals surface area contributed by atoms with Crippen LogP contribution in [0.15, 0.2) is 18.5 Å². The Hall–Kier alpha value is -0.880. The third-order valence-electron chi connectivity index (χ3n) is 3.81. The average Bonchev–Trinajstić information content (AvgIpc) is 2.85. The van der Waals surface area contributed by atoms with E-state index in [1.807, 2.05) is 30.1 Å². The molecule has 5 nitrogen and oxygen atoms in total. The molecule has 5 heteroatoms. The molecular formula is C14H26N4O. The number of aromatic nitrogens is 1. The highest BCUT2D eigenvalue weighted by molar-refractivity contribution is 5.13. The van der Waals surface area contributed by atoms with Gasteiger partial charge in [-0.05, 0) is 31.1 Å². The van der Waals surface area contributed by atoms with Gasteiger partial charge in [0.05, 0.1) is 6.10 Å². The van der Waals surface area contributed by atoms with E-state index in [1.54, 1.807) is 0 Å². The molecule has 108 valence electrons. The molecule has 0 aliphatic carbocycles. The van der Waals surface area contributed by atoms with Crippen LogP contribution in [0, 0.1) is 0 Å². The van der Waals surface area contributed by atoms with E-state index in [9.17, 15) is 5.11 Å². The number of aliphatic hydroxyl groups excluding tert-OH is 1. The summed E-state index contributed by atoms with van der Waals surface area (Å²) in [5, 5.41) is 10.2. The first-order chi connectivity index (χ1) is 9.19. The van der Waals surface area contributed by atoms with Crippen molar-refractivity contribution in [1.29, 1.82) is 0 Å². The van der Waals surface area contributed by atoms with Crippen LogP contribution in [0.3, 0.4) is 0 Å². The fourth-order valence-electron chi connectivity index (χ4n) is 2.58. The normalized spacial score (nSPS) is 19.7. The molecule has 0 radical (unpaired) electrons. The molecule has 0 aromatic carbocycles. The number of hydrogen-bond donors (Lipinski definition) is 2. The van der Waals surface area contributed by atoms with Gasteiger partial charge in [-0.2, -0.15) is 0 Å². The van der Waals surface area contributed by atoms with Crippen LogP contribution >= 0.6 is 0 Å². The maximum atomic E-state index is 10.2. The zero-order chi connectivity index (χ0) is 13.7. The number of aryl methyl sites for hydroxylation is 1. The lowest BCUT2D eigenvalue weighted by atomic mass is 10.1. The van der Waals surface area contributed by atoms with Crippen LogP contribution in [0.5, 0.6) is 0 Å². The third kappa shape index (κ3) is 4.31. The van der Waals surface area contributed by atoms with E-state index in [-0.39, 0.29) is 6.10 Å². The molecule has 1 aliphatic rings. The van der Waals surface area contributed by atoms with Gasteiger partial charge in [-0.15, -0.1) is 0 Å². The van der Waals surface area contributed by atoms with Crippen LogP contribution in [0.2, 0.25) is 0 Å². The standard InChI is InChI=1S/C14H26N4O/c1-16-6-3-13(11-16)14(19)12-18-9-7-17(8-10-18)5-2-4-15/h3,6,11,14,19H,2,4-5,7-10,12,15H2,1H3. The third-order valence-corrected chi connectivity index (χ3v) is 3.81. The van der Waals surface area contributed by atoms with Crippen molar-refractivity contribution in [3.05, 3.63) is 24.0 Å². The minimum absolute atomic E-state index is 0.378. The monoisotopic (exact) mass is 266 g/mol. The molecule has 0 spiro atoms. The summed E-state index contributed by atoms with van der Waals surface area (Å²) in [7, 11) is 1.98. The first kappa shape index (κ1) is 14.5. The number of nitrogens with zero attached hydrogens (tertiary/aromatic N) is 3. The number of hydrogen-bond acceptors (Lipinski definition) is 4. The van der Waals surface area contributed by atoms with Gasteiger partial charge in [0.2, 0.25) is 0 Å². The Balaban J connectivity index is 1.73. The van der Waals surface area contributed by atoms with Crippen molar-refractivity contribution in [2.75, 3.05) is 45.8 Å². The highest BCUT2D eigenvalue weighted by Gasteiger charge is 2.19. The smallest absolute Gasteiger partial charge is 0.0931 e. The Morgan fingerprint density at radius 2 is 1.95 bits per heavy atom. The van der Waals surface area contributed by atoms with E-state index < -0.39 is 0 Å². The van der Waals surface area contributed by atoms with Crippen LogP contribution in [-0.2, 0) is 7.05 Å². The fraction of sp³-hybridized carbons (Fsp3) is 0.714. The molecule has 1 unspecified atom stereocenters. The Morgan fingerprint density at radius 1 is 1.26 bits per heavy atom. The number of piperazine rings is 1. The highest BCUT2D eigenvalue weighted by atomic mass is 16.3. The molecule has 1 aromatic heterocycles. The van der Waals surface area contributed by atoms with E-state index in [1.165, 1.54) is 0 Å². The summed E-state index contributed by atoms with van der Waals surface area (Å²) in [6, 6.07) is 1.99. The van der Waals surface area contributed by atoms with Gasteiger partial charge in [-0.1, -0.05) is 0 Å². The van der Waals surface area contributed by atoms with Crippen LogP contribution < -0.4 is 5.73 Å². The molecular weight excluding hydrogens is 240 g/mol. The summed E-state index contributed by atoms with van der Waals surface area (Å²) in [6.07, 6.45) is 4.66. The Morgan fingerprint density at radius 3 is 2.53 bits per heavy atom. The van der Waals surface area contributed by atoms with Gasteiger partial charge in [0.1, 0.15) is 0 Å². The molecule has 1 atom stereocenters. The molecule has 0 amide bonds. The van der Waals surface area contributed by atoms with Gasteiger partial charge in [0.15, 0.2) is 0 Å². The summed E-state index contributed by atoms with van der Waals surface area (Å²) < 4.78 is 1.98. The second-order valence-electron chi connectivity index (χ2n) is 5.41. The Kier molecular flexibility index (Phi) is 5.39. The molecule has 0 saturated carbocycles. The van der Waals surface area contributed by atoms with Crippen molar-refractivity contribution in [2.24, 2.45) is 12.8 Å². The minimum atomic E-state index is -0.378. The highest BCUT2D eigenvalue weighted by Crippen LogP contribution is 2.15. The molecule has 1 fully saturated rings. The van der Waals surface area contributed by atoms with Gasteiger partial charge in [-0.3, -0.25) is 4.90 Å². The maximum Gasteiger partial charge on any atom is 0.0931 e. The lowest BCUT2D eigenvalue weighted by Gasteiger charge is -2.35. The quantitative estimate of drug-likeness (QED) is 0.762. The van der Waals surface area contributed by atoms with Crippen molar-refractivity contribution in [2.45, 2.75) is 12.5 Å². The van der Waals surface area contributed by atoms with Crippen LogP contribution in [-0.4, -0.2) is 65.3 Å². The van der Waals surface area contributed by atoms with E-state index in [0.717, 1.165) is 57.8 Å². The SMILES string of the molecule is Cn1ccc(C(O)CN2CCN(CCCN)CC2)c1. The minimum Gasteiger partial charge on any atom is -0.387 e. The molecule has 3 N–H and O–H groups in total. The summed E-state index contributed by atoms with van der Waals surface area (Å²) in [6.45, 7) is 6.85. The van der Waals surface area contributed by atoms with E-state index in [4.69, 9.17) is 5.73 Å². The fourth-order valence-corrected chi connectivity index (χ4v) is 2.58. The average molecular weight is 266 g/mol. The van der Waals surface area contributed by atoms with Crippen LogP contribution in [0.4, 0.5) is 0 Å².